The van der Waals surface area contributed by atoms with Crippen LogP contribution in [0.25, 0.3) is 0 Å². The van der Waals surface area contributed by atoms with Gasteiger partial charge in [0.2, 0.25) is 0 Å². The molecule has 1 aliphatic heterocycles. The Bertz CT molecular complexity index is 411. The number of ether oxygens (including phenoxy) is 1. The number of nitrogens with zero attached hydrogens (tertiary/aromatic N) is 2. The molecule has 1 aliphatic rings. The molecule has 21 heavy (non-hydrogen) atoms. The first-order valence-corrected chi connectivity index (χ1v) is 7.85. The van der Waals surface area contributed by atoms with E-state index in [0.29, 0.717) is 0 Å². The normalized spacial score (nSPS) is 18.9. The molecular weight excluding hydrogens is 262 g/mol. The standard InChI is InChI=1S/C17H29N3O/c1-19(2)12-14-8-10-20(11-9-14)13-17(18)15-4-6-16(21-3)7-5-15/h4-7,14,17H,8-13,18H2,1-3H3. The van der Waals surface area contributed by atoms with Gasteiger partial charge in [-0.1, -0.05) is 12.1 Å². The Morgan fingerprint density at radius 1 is 1.24 bits per heavy atom. The lowest BCUT2D eigenvalue weighted by molar-refractivity contribution is 0.156. The van der Waals surface area contributed by atoms with Crippen LogP contribution in [0.15, 0.2) is 24.3 Å². The smallest absolute Gasteiger partial charge is 0.118 e. The molecule has 2 rings (SSSR count). The van der Waals surface area contributed by atoms with Gasteiger partial charge in [0.25, 0.3) is 0 Å². The second-order valence-corrected chi connectivity index (χ2v) is 6.39. The summed E-state index contributed by atoms with van der Waals surface area (Å²) in [6, 6.07) is 8.20. The Labute approximate surface area is 128 Å². The molecule has 1 saturated heterocycles. The van der Waals surface area contributed by atoms with Crippen molar-refractivity contribution in [2.24, 2.45) is 11.7 Å². The maximum Gasteiger partial charge on any atom is 0.118 e. The van der Waals surface area contributed by atoms with E-state index in [1.54, 1.807) is 7.11 Å². The predicted octanol–water partition coefficient (Wildman–Crippen LogP) is 1.97. The predicted molar refractivity (Wildman–Crippen MR) is 87.6 cm³/mol. The number of nitrogens with two attached hydrogens (primary N) is 1. The first kappa shape index (κ1) is 16.3. The third-order valence-corrected chi connectivity index (χ3v) is 4.33. The third kappa shape index (κ3) is 4.99. The van der Waals surface area contributed by atoms with E-state index in [1.807, 2.05) is 12.1 Å². The van der Waals surface area contributed by atoms with Gasteiger partial charge in [-0.2, -0.15) is 0 Å². The van der Waals surface area contributed by atoms with Gasteiger partial charge in [0.05, 0.1) is 7.11 Å². The lowest BCUT2D eigenvalue weighted by Crippen LogP contribution is -2.40. The summed E-state index contributed by atoms with van der Waals surface area (Å²) in [5, 5.41) is 0. The highest BCUT2D eigenvalue weighted by Crippen LogP contribution is 2.21. The Morgan fingerprint density at radius 3 is 2.38 bits per heavy atom. The summed E-state index contributed by atoms with van der Waals surface area (Å²) in [7, 11) is 6.00. The van der Waals surface area contributed by atoms with Crippen molar-refractivity contribution in [1.82, 2.24) is 9.80 Å². The van der Waals surface area contributed by atoms with Crippen molar-refractivity contribution in [3.05, 3.63) is 29.8 Å². The molecule has 1 fully saturated rings. The zero-order valence-corrected chi connectivity index (χ0v) is 13.6. The summed E-state index contributed by atoms with van der Waals surface area (Å²) in [5.74, 6) is 1.73. The molecule has 1 heterocycles. The molecule has 0 saturated carbocycles. The van der Waals surface area contributed by atoms with Crippen LogP contribution in [-0.4, -0.2) is 57.2 Å². The summed E-state index contributed by atoms with van der Waals surface area (Å²) in [4.78, 5) is 4.80. The minimum atomic E-state index is 0.0845. The quantitative estimate of drug-likeness (QED) is 0.870. The molecule has 0 bridgehead atoms. The number of likely N-dealkylation sites (tertiary alicyclic amines) is 1. The van der Waals surface area contributed by atoms with Gasteiger partial charge < -0.3 is 20.3 Å². The average molecular weight is 291 g/mol. The lowest BCUT2D eigenvalue weighted by atomic mass is 9.95. The van der Waals surface area contributed by atoms with Crippen molar-refractivity contribution < 1.29 is 4.74 Å². The fourth-order valence-electron chi connectivity index (χ4n) is 3.10. The van der Waals surface area contributed by atoms with Crippen molar-refractivity contribution in [3.63, 3.8) is 0 Å². The van der Waals surface area contributed by atoms with Crippen LogP contribution in [0, 0.1) is 5.92 Å². The van der Waals surface area contributed by atoms with Crippen molar-refractivity contribution in [2.75, 3.05) is 47.4 Å². The molecule has 0 amide bonds. The second-order valence-electron chi connectivity index (χ2n) is 6.39. The third-order valence-electron chi connectivity index (χ3n) is 4.33. The number of hydrogen-bond acceptors (Lipinski definition) is 4. The van der Waals surface area contributed by atoms with E-state index in [9.17, 15) is 0 Å². The number of rotatable bonds is 6. The fourth-order valence-corrected chi connectivity index (χ4v) is 3.10. The molecule has 0 aliphatic carbocycles. The van der Waals surface area contributed by atoms with Gasteiger partial charge in [-0.15, -0.1) is 0 Å². The zero-order valence-electron chi connectivity index (χ0n) is 13.6. The van der Waals surface area contributed by atoms with Crippen molar-refractivity contribution in [2.45, 2.75) is 18.9 Å². The monoisotopic (exact) mass is 291 g/mol. The molecule has 118 valence electrons. The Balaban J connectivity index is 1.79. The Hall–Kier alpha value is -1.10. The maximum atomic E-state index is 6.34. The van der Waals surface area contributed by atoms with E-state index >= 15 is 0 Å². The van der Waals surface area contributed by atoms with Gasteiger partial charge >= 0.3 is 0 Å². The first-order valence-electron chi connectivity index (χ1n) is 7.85. The maximum absolute atomic E-state index is 6.34. The SMILES string of the molecule is COc1ccc(C(N)CN2CCC(CN(C)C)CC2)cc1. The molecule has 2 N–H and O–H groups in total. The fraction of sp³-hybridized carbons (Fsp3) is 0.647. The van der Waals surface area contributed by atoms with E-state index in [-0.39, 0.29) is 6.04 Å². The average Bonchev–Trinajstić information content (AvgIpc) is 2.49. The van der Waals surface area contributed by atoms with E-state index in [0.717, 1.165) is 18.2 Å². The van der Waals surface area contributed by atoms with Gasteiger partial charge in [0, 0.05) is 19.1 Å². The molecule has 4 heteroatoms. The van der Waals surface area contributed by atoms with Crippen LogP contribution in [0.4, 0.5) is 0 Å². The van der Waals surface area contributed by atoms with Crippen molar-refractivity contribution in [1.29, 1.82) is 0 Å². The lowest BCUT2D eigenvalue weighted by Gasteiger charge is -2.34. The number of methoxy groups -OCH3 is 1. The highest BCUT2D eigenvalue weighted by atomic mass is 16.5. The van der Waals surface area contributed by atoms with Gasteiger partial charge in [-0.05, 0) is 63.6 Å². The minimum Gasteiger partial charge on any atom is -0.497 e. The van der Waals surface area contributed by atoms with Crippen LogP contribution in [0.1, 0.15) is 24.4 Å². The molecule has 0 spiro atoms. The zero-order chi connectivity index (χ0) is 15.2. The molecule has 0 aromatic heterocycles. The topological polar surface area (TPSA) is 41.7 Å². The van der Waals surface area contributed by atoms with Gasteiger partial charge in [0.15, 0.2) is 0 Å². The van der Waals surface area contributed by atoms with E-state index in [1.165, 1.54) is 38.0 Å². The summed E-state index contributed by atoms with van der Waals surface area (Å²) in [6.45, 7) is 4.49. The summed E-state index contributed by atoms with van der Waals surface area (Å²) >= 11 is 0. The minimum absolute atomic E-state index is 0.0845. The van der Waals surface area contributed by atoms with Crippen LogP contribution < -0.4 is 10.5 Å². The largest absolute Gasteiger partial charge is 0.497 e. The molecule has 4 nitrogen and oxygen atoms in total. The molecule has 1 aromatic carbocycles. The van der Waals surface area contributed by atoms with Gasteiger partial charge in [-0.25, -0.2) is 0 Å². The van der Waals surface area contributed by atoms with Crippen LogP contribution >= 0.6 is 0 Å². The summed E-state index contributed by atoms with van der Waals surface area (Å²) in [6.07, 6.45) is 2.57. The Kier molecular flexibility index (Phi) is 6.03. The van der Waals surface area contributed by atoms with Gasteiger partial charge in [-0.3, -0.25) is 0 Å². The highest BCUT2D eigenvalue weighted by molar-refractivity contribution is 5.29. The van der Waals surface area contributed by atoms with E-state index < -0.39 is 0 Å². The van der Waals surface area contributed by atoms with Gasteiger partial charge in [0.1, 0.15) is 5.75 Å². The van der Waals surface area contributed by atoms with Crippen LogP contribution in [0.2, 0.25) is 0 Å². The number of piperidine rings is 1. The molecular formula is C17H29N3O. The van der Waals surface area contributed by atoms with Crippen molar-refractivity contribution in [3.8, 4) is 5.75 Å². The number of benzene rings is 1. The molecule has 1 atom stereocenters. The summed E-state index contributed by atoms with van der Waals surface area (Å²) in [5.41, 5.74) is 7.53. The van der Waals surface area contributed by atoms with Crippen LogP contribution in [0.3, 0.4) is 0 Å². The summed E-state index contributed by atoms with van der Waals surface area (Å²) < 4.78 is 5.19. The van der Waals surface area contributed by atoms with Crippen LogP contribution in [0.5, 0.6) is 5.75 Å². The van der Waals surface area contributed by atoms with Crippen LogP contribution in [-0.2, 0) is 0 Å². The van der Waals surface area contributed by atoms with Crippen molar-refractivity contribution >= 4 is 0 Å². The second kappa shape index (κ2) is 7.78. The first-order chi connectivity index (χ1) is 10.1. The highest BCUT2D eigenvalue weighted by Gasteiger charge is 2.21. The molecule has 0 radical (unpaired) electrons. The van der Waals surface area contributed by atoms with E-state index in [4.69, 9.17) is 10.5 Å². The number of hydrogen-bond donors (Lipinski definition) is 1. The Morgan fingerprint density at radius 2 is 1.86 bits per heavy atom. The molecule has 1 aromatic rings. The van der Waals surface area contributed by atoms with E-state index in [2.05, 4.69) is 36.0 Å². The molecule has 1 unspecified atom stereocenters.